The number of nitrogens with zero attached hydrogens (tertiary/aromatic N) is 7. The molecule has 0 spiro atoms. The summed E-state index contributed by atoms with van der Waals surface area (Å²) in [6.07, 6.45) is 3.95. The smallest absolute Gasteiger partial charge is 0.874 e. The summed E-state index contributed by atoms with van der Waals surface area (Å²) in [7, 11) is -8.68. The number of nitrogens with two attached hydrogens (primary N) is 1. The fraction of sp³-hybridized carbons (Fsp3) is 0.225. The fourth-order valence-corrected chi connectivity index (χ4v) is 6.67. The van der Waals surface area contributed by atoms with E-state index in [4.69, 9.17) is 5.14 Å². The molecule has 0 saturated carbocycles. The van der Waals surface area contributed by atoms with E-state index in [2.05, 4.69) is 38.0 Å². The van der Waals surface area contributed by atoms with E-state index in [1.54, 1.807) is 36.4 Å². The molecule has 0 aliphatic heterocycles. The molecule has 0 aliphatic rings. The van der Waals surface area contributed by atoms with E-state index in [0.29, 0.717) is 23.4 Å². The number of nitro benzene ring substituents is 2. The maximum Gasteiger partial charge on any atom is 3.00 e. The van der Waals surface area contributed by atoms with Crippen molar-refractivity contribution in [3.63, 3.8) is 0 Å². The van der Waals surface area contributed by atoms with Crippen molar-refractivity contribution in [3.05, 3.63) is 128 Å². The minimum absolute atomic E-state index is 0. The number of unbranched alkanes of at least 4 members (excludes halogenated alkanes) is 1. The van der Waals surface area contributed by atoms with Crippen molar-refractivity contribution in [1.82, 2.24) is 5.32 Å². The van der Waals surface area contributed by atoms with Crippen LogP contribution < -0.4 is 129 Å². The van der Waals surface area contributed by atoms with Gasteiger partial charge in [-0.1, -0.05) is 100 Å². The molecular weight excluding hydrogens is 1020 g/mol. The number of non-ortho nitro benzene ring substituents is 1. The van der Waals surface area contributed by atoms with Gasteiger partial charge < -0.3 is 30.5 Å². The third kappa shape index (κ3) is 18.0. The van der Waals surface area contributed by atoms with Crippen LogP contribution in [-0.4, -0.2) is 43.7 Å². The summed E-state index contributed by atoms with van der Waals surface area (Å²) in [5.41, 5.74) is -2.51. The molecule has 0 heterocycles. The number of carbonyl (C=O) groups is 1. The predicted molar refractivity (Wildman–Crippen MR) is 225 cm³/mol. The molecule has 1 unspecified atom stereocenters. The van der Waals surface area contributed by atoms with Crippen LogP contribution in [0.15, 0.2) is 133 Å². The summed E-state index contributed by atoms with van der Waals surface area (Å²) >= 11 is 0. The maximum atomic E-state index is 12.4. The van der Waals surface area contributed by atoms with Crippen molar-refractivity contribution in [2.24, 2.45) is 31.5 Å². The Bertz CT molecular complexity index is 2890. The molecule has 1 atom stereocenters. The Morgan fingerprint density at radius 2 is 1.48 bits per heavy atom. The van der Waals surface area contributed by atoms with Crippen LogP contribution in [0, 0.1) is 26.1 Å². The predicted octanol–water partition coefficient (Wildman–Crippen LogP) is 0.807. The van der Waals surface area contributed by atoms with Gasteiger partial charge in [-0.25, -0.2) is 22.0 Å². The molecule has 0 saturated heterocycles. The van der Waals surface area contributed by atoms with E-state index >= 15 is 0 Å². The van der Waals surface area contributed by atoms with Crippen molar-refractivity contribution in [2.45, 2.75) is 56.2 Å². The molecule has 0 radical (unpaired) electrons. The molecule has 0 bridgehead atoms. The van der Waals surface area contributed by atoms with Crippen molar-refractivity contribution >= 4 is 76.6 Å². The third-order valence-corrected chi connectivity index (χ3v) is 10.9. The van der Waals surface area contributed by atoms with E-state index in [1.165, 1.54) is 12.1 Å². The van der Waals surface area contributed by atoms with Gasteiger partial charge in [0, 0.05) is 23.7 Å². The monoisotopic (exact) mass is 1050 g/mol. The molecule has 0 fully saturated rings. The van der Waals surface area contributed by atoms with Crippen molar-refractivity contribution in [3.8, 4) is 11.5 Å². The summed E-state index contributed by atoms with van der Waals surface area (Å²) in [5.74, 6) is -2.81. The summed E-state index contributed by atoms with van der Waals surface area (Å²) in [6.45, 7) is 5.66. The van der Waals surface area contributed by atoms with Crippen LogP contribution >= 0.6 is 0 Å². The topological polar surface area (TPSA) is 365 Å². The number of hydrogen-bond donors (Lipinski definition) is 2. The zero-order valence-electron chi connectivity index (χ0n) is 36.4. The number of sulfonamides is 1. The van der Waals surface area contributed by atoms with Crippen LogP contribution in [-0.2, 0) is 41.7 Å². The molecular formula is C40H38CoK2N9O13S2. The molecule has 22 nitrogen and oxygen atoms in total. The quantitative estimate of drug-likeness (QED) is 0.0248. The van der Waals surface area contributed by atoms with E-state index in [1.807, 2.05) is 6.92 Å². The Morgan fingerprint density at radius 1 is 0.836 bits per heavy atom. The SMILES string of the molecule is CCCCC(CC)CNC(=O)/C(N=Nc1cc(S(N)(=O)=O)ccc1[O-])=C(\C)[O-].O=[N+]([O-])c1cc(N=Nc2c([N-]c3ccc(S(=O)(=O)[O-])cc3)ccc3ccccc23)c([O-])c([N+](=O)[O-])c1.[Co+3].[K+].[K+]. The Labute approximate surface area is 480 Å². The van der Waals surface area contributed by atoms with Gasteiger partial charge in [0.2, 0.25) is 10.0 Å². The molecule has 27 heteroatoms. The molecule has 5 aromatic rings. The maximum absolute atomic E-state index is 12.4. The zero-order valence-corrected chi connectivity index (χ0v) is 45.4. The van der Waals surface area contributed by atoms with Crippen LogP contribution in [0.25, 0.3) is 16.1 Å². The van der Waals surface area contributed by atoms with Gasteiger partial charge in [0.1, 0.15) is 15.8 Å². The average Bonchev–Trinajstić information content (AvgIpc) is 3.23. The van der Waals surface area contributed by atoms with Crippen molar-refractivity contribution in [2.75, 3.05) is 6.54 Å². The molecule has 344 valence electrons. The molecule has 0 aromatic heterocycles. The average molecular weight is 1050 g/mol. The second kappa shape index (κ2) is 28.1. The van der Waals surface area contributed by atoms with Crippen LogP contribution in [0.2, 0.25) is 0 Å². The number of fused-ring (bicyclic) bond motifs is 1. The first-order chi connectivity index (χ1) is 30.1. The van der Waals surface area contributed by atoms with Crippen LogP contribution in [0.5, 0.6) is 11.5 Å². The Hall–Kier alpha value is -3.63. The van der Waals surface area contributed by atoms with Crippen LogP contribution in [0.1, 0.15) is 46.5 Å². The first kappa shape index (κ1) is 61.4. The number of nitro groups is 2. The van der Waals surface area contributed by atoms with Crippen molar-refractivity contribution < 1.29 is 171 Å². The second-order valence-corrected chi connectivity index (χ2v) is 16.6. The Balaban J connectivity index is 0.000000662. The van der Waals surface area contributed by atoms with Crippen LogP contribution in [0.3, 0.4) is 0 Å². The molecule has 67 heavy (non-hydrogen) atoms. The number of carbonyl (C=O) groups excluding carboxylic acids is 1. The van der Waals surface area contributed by atoms with Gasteiger partial charge >= 0.3 is 120 Å². The van der Waals surface area contributed by atoms with E-state index in [-0.39, 0.29) is 153 Å². The van der Waals surface area contributed by atoms with Gasteiger partial charge in [-0.3, -0.25) is 25.0 Å². The molecule has 3 N–H and O–H groups in total. The number of primary sulfonamides is 1. The number of nitrogens with one attached hydrogen (secondary N) is 1. The molecule has 5 rings (SSSR count). The fourth-order valence-electron chi connectivity index (χ4n) is 5.66. The molecule has 1 amide bonds. The first-order valence-corrected chi connectivity index (χ1v) is 21.9. The van der Waals surface area contributed by atoms with Gasteiger partial charge in [-0.05, 0) is 42.0 Å². The Kier molecular flexibility index (Phi) is 25.8. The van der Waals surface area contributed by atoms with E-state index < -0.39 is 80.8 Å². The summed E-state index contributed by atoms with van der Waals surface area (Å²) < 4.78 is 56.2. The first-order valence-electron chi connectivity index (χ1n) is 18.9. The number of hydrogen-bond acceptors (Lipinski definition) is 17. The normalized spacial score (nSPS) is 12.1. The Morgan fingerprint density at radius 3 is 2.04 bits per heavy atom. The summed E-state index contributed by atoms with van der Waals surface area (Å²) in [4.78, 5) is 31.9. The summed E-state index contributed by atoms with van der Waals surface area (Å²) in [5, 5.41) is 86.7. The zero-order chi connectivity index (χ0) is 47.4. The third-order valence-electron chi connectivity index (χ3n) is 9.11. The second-order valence-electron chi connectivity index (χ2n) is 13.6. The molecule has 0 aliphatic carbocycles. The number of amides is 1. The number of azo groups is 2. The summed E-state index contributed by atoms with van der Waals surface area (Å²) in [6, 6.07) is 19.3. The van der Waals surface area contributed by atoms with Gasteiger partial charge in [0.15, 0.2) is 0 Å². The van der Waals surface area contributed by atoms with Gasteiger partial charge in [0.05, 0.1) is 42.8 Å². The largest absolute Gasteiger partial charge is 3.00 e. The van der Waals surface area contributed by atoms with E-state index in [9.17, 15) is 61.7 Å². The number of allylic oxidation sites excluding steroid dienone is 1. The van der Waals surface area contributed by atoms with Gasteiger partial charge in [-0.15, -0.1) is 22.2 Å². The minimum Gasteiger partial charge on any atom is -0.874 e. The number of benzene rings is 5. The van der Waals surface area contributed by atoms with E-state index in [0.717, 1.165) is 69.0 Å². The minimum atomic E-state index is -4.64. The standard InChI is InChI=1S/C22H14N5O8S.C18H28N4O5S.Co.2K/c28-22-19(11-15(26(29)30)12-20(22)27(31)32)24-25-21-17-4-2-1-3-13(17)5-10-18(21)23-14-6-8-16(9-7-14)36(33,34)35;1-4-6-7-13(5-2)11-20-18(25)17(12(3)23)22-21-15-10-14(28(19,26)27)8-9-16(15)24;;;/h1-12H,(H2-,23,24,25,28,33,34,35);8-10,13,23-24H,4-7,11H2,1-3H3,(H,20,25)(H2,19,26,27);;;/q-1;;+3;2*+1/p-4/b;17-12-,22-21?;;;. The number of rotatable bonds is 17. The van der Waals surface area contributed by atoms with Crippen LogP contribution in [0.4, 0.5) is 39.8 Å². The van der Waals surface area contributed by atoms with Gasteiger partial charge in [0.25, 0.3) is 17.3 Å². The molecule has 5 aromatic carbocycles. The van der Waals surface area contributed by atoms with Crippen molar-refractivity contribution in [1.29, 1.82) is 0 Å². The van der Waals surface area contributed by atoms with Gasteiger partial charge in [-0.2, -0.15) is 15.3 Å².